The number of carbonyl (C=O) groups excluding carboxylic acids is 1. The molecule has 2 aromatic heterocycles. The van der Waals surface area contributed by atoms with Crippen LogP contribution in [0, 0.1) is 12.3 Å². The molecule has 160 valence electrons. The highest BCUT2D eigenvalue weighted by atomic mass is 32.2. The standard InChI is InChI=1S/C24H20N4O3S/c1-2-3-7-15-32(30,31)27-20-12-8-11-19(16-20)21-13-14-25-24-22(26-17-28(21)24)23(29)18-9-5-4-6-10-18/h1,4-6,8-14,16-17,27H,3,7,15H2. The minimum absolute atomic E-state index is 0.0482. The van der Waals surface area contributed by atoms with Crippen molar-refractivity contribution in [3.63, 3.8) is 0 Å². The molecule has 32 heavy (non-hydrogen) atoms. The maximum atomic E-state index is 12.9. The molecular formula is C24H20N4O3S. The van der Waals surface area contributed by atoms with E-state index in [1.165, 1.54) is 0 Å². The SMILES string of the molecule is C#CCCCS(=O)(=O)Nc1cccc(-c2ccnc3c(C(=O)c4ccccc4)ncn23)c1. The van der Waals surface area contributed by atoms with Gasteiger partial charge in [0, 0.05) is 29.4 Å². The maximum Gasteiger partial charge on any atom is 0.232 e. The van der Waals surface area contributed by atoms with Crippen molar-refractivity contribution in [2.45, 2.75) is 12.8 Å². The number of carbonyl (C=O) groups is 1. The van der Waals surface area contributed by atoms with Crippen molar-refractivity contribution in [2.75, 3.05) is 10.5 Å². The summed E-state index contributed by atoms with van der Waals surface area (Å²) in [4.78, 5) is 21.5. The van der Waals surface area contributed by atoms with Crippen LogP contribution >= 0.6 is 0 Å². The number of anilines is 1. The van der Waals surface area contributed by atoms with Gasteiger partial charge in [-0.2, -0.15) is 0 Å². The van der Waals surface area contributed by atoms with Gasteiger partial charge in [0.2, 0.25) is 15.8 Å². The predicted molar refractivity (Wildman–Crippen MR) is 124 cm³/mol. The average molecular weight is 445 g/mol. The predicted octanol–water partition coefficient (Wildman–Crippen LogP) is 3.78. The van der Waals surface area contributed by atoms with Gasteiger partial charge in [0.15, 0.2) is 11.3 Å². The Bertz CT molecular complexity index is 1420. The number of unbranched alkanes of at least 4 members (excludes halogenated alkanes) is 1. The molecule has 2 heterocycles. The van der Waals surface area contributed by atoms with Crippen molar-refractivity contribution in [3.05, 3.63) is 84.4 Å². The zero-order chi connectivity index (χ0) is 22.6. The highest BCUT2D eigenvalue weighted by Crippen LogP contribution is 2.25. The quantitative estimate of drug-likeness (QED) is 0.254. The number of nitrogens with zero attached hydrogens (tertiary/aromatic N) is 3. The largest absolute Gasteiger partial charge is 0.287 e. The minimum atomic E-state index is -3.51. The summed E-state index contributed by atoms with van der Waals surface area (Å²) < 4.78 is 28.9. The molecule has 0 spiro atoms. The van der Waals surface area contributed by atoms with E-state index in [0.717, 1.165) is 11.3 Å². The topological polar surface area (TPSA) is 93.4 Å². The van der Waals surface area contributed by atoms with Crippen LogP contribution in [0.5, 0.6) is 0 Å². The average Bonchev–Trinajstić information content (AvgIpc) is 3.23. The molecule has 0 amide bonds. The first kappa shape index (κ1) is 21.3. The highest BCUT2D eigenvalue weighted by Gasteiger charge is 2.18. The molecule has 0 saturated carbocycles. The molecule has 0 aliphatic heterocycles. The van der Waals surface area contributed by atoms with Crippen molar-refractivity contribution in [1.29, 1.82) is 0 Å². The maximum absolute atomic E-state index is 12.9. The van der Waals surface area contributed by atoms with Crippen molar-refractivity contribution in [2.24, 2.45) is 0 Å². The zero-order valence-electron chi connectivity index (χ0n) is 17.1. The molecule has 0 atom stereocenters. The smallest absolute Gasteiger partial charge is 0.232 e. The molecule has 0 fully saturated rings. The number of rotatable bonds is 8. The number of hydrogen-bond donors (Lipinski definition) is 1. The zero-order valence-corrected chi connectivity index (χ0v) is 17.9. The van der Waals surface area contributed by atoms with Crippen LogP contribution in [-0.4, -0.2) is 34.3 Å². The number of benzene rings is 2. The summed E-state index contributed by atoms with van der Waals surface area (Å²) in [7, 11) is -3.51. The molecule has 8 heteroatoms. The number of aromatic nitrogens is 3. The van der Waals surface area contributed by atoms with E-state index in [9.17, 15) is 13.2 Å². The fraction of sp³-hybridized carbons (Fsp3) is 0.125. The lowest BCUT2D eigenvalue weighted by Crippen LogP contribution is -2.16. The molecule has 1 N–H and O–H groups in total. The lowest BCUT2D eigenvalue weighted by molar-refractivity contribution is 0.103. The van der Waals surface area contributed by atoms with Crippen LogP contribution in [0.25, 0.3) is 16.9 Å². The highest BCUT2D eigenvalue weighted by molar-refractivity contribution is 7.92. The number of sulfonamides is 1. The third-order valence-corrected chi connectivity index (χ3v) is 6.22. The Balaban J connectivity index is 1.66. The second-order valence-electron chi connectivity index (χ2n) is 7.12. The van der Waals surface area contributed by atoms with Crippen molar-refractivity contribution < 1.29 is 13.2 Å². The van der Waals surface area contributed by atoms with E-state index in [-0.39, 0.29) is 17.2 Å². The summed E-state index contributed by atoms with van der Waals surface area (Å²) in [5.74, 6) is 2.18. The van der Waals surface area contributed by atoms with Gasteiger partial charge in [-0.05, 0) is 24.6 Å². The fourth-order valence-electron chi connectivity index (χ4n) is 3.36. The Morgan fingerprint density at radius 1 is 1.06 bits per heavy atom. The van der Waals surface area contributed by atoms with Gasteiger partial charge in [0.05, 0.1) is 11.4 Å². The monoisotopic (exact) mass is 444 g/mol. The van der Waals surface area contributed by atoms with E-state index in [1.54, 1.807) is 65.5 Å². The van der Waals surface area contributed by atoms with E-state index in [2.05, 4.69) is 20.6 Å². The molecule has 0 saturated heterocycles. The number of terminal acetylenes is 1. The van der Waals surface area contributed by atoms with Crippen LogP contribution in [0.3, 0.4) is 0 Å². The number of nitrogens with one attached hydrogen (secondary N) is 1. The minimum Gasteiger partial charge on any atom is -0.287 e. The summed E-state index contributed by atoms with van der Waals surface area (Å²) in [5, 5.41) is 0. The summed E-state index contributed by atoms with van der Waals surface area (Å²) in [6, 6.07) is 17.7. The van der Waals surface area contributed by atoms with Crippen LogP contribution in [0.1, 0.15) is 28.9 Å². The number of imidazole rings is 1. The second kappa shape index (κ2) is 9.04. The van der Waals surface area contributed by atoms with Crippen LogP contribution in [-0.2, 0) is 10.0 Å². The van der Waals surface area contributed by atoms with Gasteiger partial charge in [0.25, 0.3) is 0 Å². The number of ketones is 1. The summed E-state index contributed by atoms with van der Waals surface area (Å²) >= 11 is 0. The summed E-state index contributed by atoms with van der Waals surface area (Å²) in [5.41, 5.74) is 3.12. The lowest BCUT2D eigenvalue weighted by atomic mass is 10.1. The Morgan fingerprint density at radius 2 is 1.88 bits per heavy atom. The Hall–Kier alpha value is -3.96. The van der Waals surface area contributed by atoms with Crippen molar-refractivity contribution in [1.82, 2.24) is 14.4 Å². The first-order valence-electron chi connectivity index (χ1n) is 9.95. The Morgan fingerprint density at radius 3 is 2.66 bits per heavy atom. The first-order valence-corrected chi connectivity index (χ1v) is 11.6. The van der Waals surface area contributed by atoms with Crippen LogP contribution < -0.4 is 4.72 Å². The van der Waals surface area contributed by atoms with E-state index < -0.39 is 10.0 Å². The Kier molecular flexibility index (Phi) is 6.01. The molecule has 7 nitrogen and oxygen atoms in total. The van der Waals surface area contributed by atoms with E-state index >= 15 is 0 Å². The molecule has 4 aromatic rings. The number of fused-ring (bicyclic) bond motifs is 1. The third kappa shape index (κ3) is 4.53. The van der Waals surface area contributed by atoms with Gasteiger partial charge in [-0.1, -0.05) is 42.5 Å². The normalized spacial score (nSPS) is 11.2. The molecule has 2 aromatic carbocycles. The van der Waals surface area contributed by atoms with Crippen molar-refractivity contribution >= 4 is 27.1 Å². The molecule has 0 unspecified atom stereocenters. The molecule has 0 aliphatic carbocycles. The number of hydrogen-bond acceptors (Lipinski definition) is 5. The second-order valence-corrected chi connectivity index (χ2v) is 8.96. The molecule has 4 rings (SSSR count). The molecule has 0 aliphatic rings. The molecule has 0 bridgehead atoms. The molecular weight excluding hydrogens is 424 g/mol. The Labute approximate surface area is 186 Å². The van der Waals surface area contributed by atoms with Crippen LogP contribution in [0.15, 0.2) is 73.2 Å². The molecule has 0 radical (unpaired) electrons. The van der Waals surface area contributed by atoms with Gasteiger partial charge in [-0.15, -0.1) is 12.3 Å². The first-order chi connectivity index (χ1) is 15.5. The van der Waals surface area contributed by atoms with Gasteiger partial charge >= 0.3 is 0 Å². The van der Waals surface area contributed by atoms with Crippen LogP contribution in [0.4, 0.5) is 5.69 Å². The van der Waals surface area contributed by atoms with E-state index in [0.29, 0.717) is 29.7 Å². The fourth-order valence-corrected chi connectivity index (χ4v) is 4.47. The lowest BCUT2D eigenvalue weighted by Gasteiger charge is -2.10. The van der Waals surface area contributed by atoms with E-state index in [1.807, 2.05) is 12.1 Å². The van der Waals surface area contributed by atoms with Gasteiger partial charge < -0.3 is 0 Å². The third-order valence-electron chi connectivity index (χ3n) is 4.85. The van der Waals surface area contributed by atoms with Gasteiger partial charge in [-0.25, -0.2) is 18.4 Å². The summed E-state index contributed by atoms with van der Waals surface area (Å²) in [6.07, 6.45) is 9.14. The van der Waals surface area contributed by atoms with Crippen LogP contribution in [0.2, 0.25) is 0 Å². The van der Waals surface area contributed by atoms with Gasteiger partial charge in [0.1, 0.15) is 6.33 Å². The van der Waals surface area contributed by atoms with Crippen molar-refractivity contribution in [3.8, 4) is 23.6 Å². The summed E-state index contributed by atoms with van der Waals surface area (Å²) in [6.45, 7) is 0. The van der Waals surface area contributed by atoms with Gasteiger partial charge in [-0.3, -0.25) is 13.9 Å². The van der Waals surface area contributed by atoms with E-state index in [4.69, 9.17) is 6.42 Å².